The van der Waals surface area contributed by atoms with Crippen molar-refractivity contribution in [2.24, 2.45) is 0 Å². The monoisotopic (exact) mass is 474 g/mol. The predicted octanol–water partition coefficient (Wildman–Crippen LogP) is 6.36. The lowest BCUT2D eigenvalue weighted by atomic mass is 10.0. The summed E-state index contributed by atoms with van der Waals surface area (Å²) in [6.07, 6.45) is -4.98. The van der Waals surface area contributed by atoms with E-state index in [2.05, 4.69) is 0 Å². The van der Waals surface area contributed by atoms with E-state index >= 15 is 0 Å². The highest BCUT2D eigenvalue weighted by molar-refractivity contribution is 6.33. The van der Waals surface area contributed by atoms with Gasteiger partial charge in [-0.3, -0.25) is 4.79 Å². The number of alkyl halides is 3. The van der Waals surface area contributed by atoms with Crippen LogP contribution >= 0.6 is 11.6 Å². The third-order valence-electron chi connectivity index (χ3n) is 4.80. The van der Waals surface area contributed by atoms with E-state index < -0.39 is 34.5 Å². The van der Waals surface area contributed by atoms with Crippen LogP contribution in [0.5, 0.6) is 11.5 Å². The van der Waals surface area contributed by atoms with Crippen LogP contribution in [-0.4, -0.2) is 13.1 Å². The fourth-order valence-electron chi connectivity index (χ4n) is 3.32. The number of para-hydroxylation sites is 1. The third-order valence-corrected chi connectivity index (χ3v) is 5.13. The first kappa shape index (κ1) is 22.4. The van der Waals surface area contributed by atoms with Gasteiger partial charge in [-0.05, 0) is 30.3 Å². The highest BCUT2D eigenvalue weighted by Crippen LogP contribution is 2.39. The van der Waals surface area contributed by atoms with Crippen molar-refractivity contribution in [3.05, 3.63) is 93.3 Å². The van der Waals surface area contributed by atoms with E-state index in [-0.39, 0.29) is 33.0 Å². The fraction of sp³-hybridized carbons (Fsp3) is 0.0833. The Bertz CT molecular complexity index is 1430. The Morgan fingerprint density at radius 2 is 1.70 bits per heavy atom. The minimum atomic E-state index is -4.98. The highest BCUT2D eigenvalue weighted by atomic mass is 35.5. The summed E-state index contributed by atoms with van der Waals surface area (Å²) in [6.45, 7) is 0. The zero-order valence-electron chi connectivity index (χ0n) is 16.9. The van der Waals surface area contributed by atoms with Crippen LogP contribution in [-0.2, 0) is 6.18 Å². The number of esters is 1. The van der Waals surface area contributed by atoms with Crippen LogP contribution in [0.2, 0.25) is 5.02 Å². The summed E-state index contributed by atoms with van der Waals surface area (Å²) in [7, 11) is 1.38. The summed E-state index contributed by atoms with van der Waals surface area (Å²) in [5.74, 6) is -2.14. The van der Waals surface area contributed by atoms with Crippen molar-refractivity contribution in [1.82, 2.24) is 0 Å². The Balaban J connectivity index is 1.84. The van der Waals surface area contributed by atoms with Gasteiger partial charge < -0.3 is 13.9 Å². The van der Waals surface area contributed by atoms with Crippen LogP contribution in [0.15, 0.2) is 75.9 Å². The molecule has 0 aliphatic rings. The zero-order chi connectivity index (χ0) is 23.8. The Hall–Kier alpha value is -3.78. The molecule has 1 aromatic heterocycles. The highest BCUT2D eigenvalue weighted by Gasteiger charge is 2.39. The van der Waals surface area contributed by atoms with Crippen molar-refractivity contribution in [2.75, 3.05) is 7.11 Å². The molecule has 0 radical (unpaired) electrons. The quantitative estimate of drug-likeness (QED) is 0.254. The molecule has 4 aromatic rings. The lowest BCUT2D eigenvalue weighted by molar-refractivity contribution is -0.152. The molecule has 4 rings (SSSR count). The van der Waals surface area contributed by atoms with Crippen LogP contribution in [0, 0.1) is 0 Å². The van der Waals surface area contributed by atoms with Gasteiger partial charge in [0, 0.05) is 16.7 Å². The molecule has 0 unspecified atom stereocenters. The minimum absolute atomic E-state index is 0.0305. The van der Waals surface area contributed by atoms with Gasteiger partial charge in [0.05, 0.1) is 18.1 Å². The van der Waals surface area contributed by atoms with Crippen molar-refractivity contribution in [3.8, 4) is 22.6 Å². The van der Waals surface area contributed by atoms with E-state index in [1.54, 1.807) is 18.2 Å². The molecule has 0 saturated heterocycles. The number of methoxy groups -OCH3 is 1. The Labute approximate surface area is 189 Å². The number of hydrogen-bond donors (Lipinski definition) is 0. The van der Waals surface area contributed by atoms with Crippen LogP contribution < -0.4 is 14.9 Å². The lowest BCUT2D eigenvalue weighted by Crippen LogP contribution is -2.16. The number of carbonyl (C=O) groups is 1. The number of rotatable bonds is 4. The maximum Gasteiger partial charge on any atom is 0.450 e. The Kier molecular flexibility index (Phi) is 5.86. The first-order chi connectivity index (χ1) is 15.7. The van der Waals surface area contributed by atoms with E-state index in [1.807, 2.05) is 0 Å². The molecular formula is C24H14ClF3O5. The molecule has 168 valence electrons. The molecule has 0 amide bonds. The molecular weight excluding hydrogens is 461 g/mol. The number of halogens is 4. The second kappa shape index (κ2) is 8.63. The van der Waals surface area contributed by atoms with E-state index in [9.17, 15) is 22.8 Å². The molecule has 5 nitrogen and oxygen atoms in total. The molecule has 0 saturated carbocycles. The molecule has 0 atom stereocenters. The second-order valence-electron chi connectivity index (χ2n) is 6.86. The third kappa shape index (κ3) is 4.29. The normalized spacial score (nSPS) is 11.4. The van der Waals surface area contributed by atoms with E-state index in [0.29, 0.717) is 0 Å². The van der Waals surface area contributed by atoms with Crippen molar-refractivity contribution in [3.63, 3.8) is 0 Å². The van der Waals surface area contributed by atoms with Gasteiger partial charge >= 0.3 is 12.1 Å². The summed E-state index contributed by atoms with van der Waals surface area (Å²) in [5.41, 5.74) is -1.99. The van der Waals surface area contributed by atoms with Gasteiger partial charge in [-0.15, -0.1) is 0 Å². The molecule has 0 aliphatic carbocycles. The van der Waals surface area contributed by atoms with Crippen LogP contribution in [0.1, 0.15) is 16.1 Å². The summed E-state index contributed by atoms with van der Waals surface area (Å²) in [5, 5.41) is -0.160. The largest absolute Gasteiger partial charge is 0.496 e. The number of fused-ring (bicyclic) bond motifs is 1. The first-order valence-corrected chi connectivity index (χ1v) is 9.86. The smallest absolute Gasteiger partial charge is 0.450 e. The number of ether oxygens (including phenoxy) is 2. The predicted molar refractivity (Wildman–Crippen MR) is 116 cm³/mol. The van der Waals surface area contributed by atoms with Gasteiger partial charge in [0.2, 0.25) is 11.2 Å². The molecule has 1 heterocycles. The first-order valence-electron chi connectivity index (χ1n) is 9.49. The van der Waals surface area contributed by atoms with Crippen LogP contribution in [0.3, 0.4) is 0 Å². The van der Waals surface area contributed by atoms with Gasteiger partial charge in [-0.1, -0.05) is 41.9 Å². The summed E-state index contributed by atoms with van der Waals surface area (Å²) < 4.78 is 56.9. The van der Waals surface area contributed by atoms with Gasteiger partial charge in [-0.2, -0.15) is 13.2 Å². The summed E-state index contributed by atoms with van der Waals surface area (Å²) in [4.78, 5) is 25.6. The molecule has 33 heavy (non-hydrogen) atoms. The molecule has 0 bridgehead atoms. The number of benzene rings is 3. The van der Waals surface area contributed by atoms with Crippen LogP contribution in [0.4, 0.5) is 13.2 Å². The molecule has 0 aliphatic heterocycles. The standard InChI is InChI=1S/C24H14ClF3O5/c1-31-18-9-5-3-7-16(18)23(30)32-13-10-11-15-19(12-13)33-22(24(26,27)28)20(21(15)29)14-6-2-4-8-17(14)25/h2-12H,1H3. The molecule has 9 heteroatoms. The van der Waals surface area contributed by atoms with Gasteiger partial charge in [-0.25, -0.2) is 4.79 Å². The van der Waals surface area contributed by atoms with E-state index in [4.69, 9.17) is 25.5 Å². The van der Waals surface area contributed by atoms with Crippen molar-refractivity contribution >= 4 is 28.5 Å². The number of hydrogen-bond acceptors (Lipinski definition) is 5. The molecule has 0 spiro atoms. The summed E-state index contributed by atoms with van der Waals surface area (Å²) >= 11 is 6.05. The number of carbonyl (C=O) groups excluding carboxylic acids is 1. The Morgan fingerprint density at radius 1 is 1.00 bits per heavy atom. The fourth-order valence-corrected chi connectivity index (χ4v) is 3.55. The maximum atomic E-state index is 13.8. The van der Waals surface area contributed by atoms with Crippen molar-refractivity contribution in [2.45, 2.75) is 6.18 Å². The molecule has 0 N–H and O–H groups in total. The molecule has 0 fully saturated rings. The second-order valence-corrected chi connectivity index (χ2v) is 7.27. The minimum Gasteiger partial charge on any atom is -0.496 e. The molecule has 3 aromatic carbocycles. The van der Waals surface area contributed by atoms with Crippen molar-refractivity contribution < 1.29 is 31.9 Å². The van der Waals surface area contributed by atoms with Gasteiger partial charge in [0.25, 0.3) is 0 Å². The topological polar surface area (TPSA) is 65.7 Å². The van der Waals surface area contributed by atoms with Crippen molar-refractivity contribution in [1.29, 1.82) is 0 Å². The SMILES string of the molecule is COc1ccccc1C(=O)Oc1ccc2c(=O)c(-c3ccccc3Cl)c(C(F)(F)F)oc2c1. The van der Waals surface area contributed by atoms with Gasteiger partial charge in [0.1, 0.15) is 22.6 Å². The van der Waals surface area contributed by atoms with E-state index in [0.717, 1.165) is 6.07 Å². The maximum absolute atomic E-state index is 13.8. The van der Waals surface area contributed by atoms with E-state index in [1.165, 1.54) is 49.6 Å². The summed E-state index contributed by atoms with van der Waals surface area (Å²) in [6, 6.07) is 15.5. The zero-order valence-corrected chi connectivity index (χ0v) is 17.7. The average Bonchev–Trinajstić information content (AvgIpc) is 2.79. The Morgan fingerprint density at radius 3 is 2.39 bits per heavy atom. The lowest BCUT2D eigenvalue weighted by Gasteiger charge is -2.14. The van der Waals surface area contributed by atoms with Crippen LogP contribution in [0.25, 0.3) is 22.1 Å². The average molecular weight is 475 g/mol. The van der Waals surface area contributed by atoms with Gasteiger partial charge in [0.15, 0.2) is 0 Å².